The van der Waals surface area contributed by atoms with E-state index in [0.29, 0.717) is 6.04 Å². The first-order valence-corrected chi connectivity index (χ1v) is 6.30. The van der Waals surface area contributed by atoms with E-state index in [2.05, 4.69) is 26.0 Å². The summed E-state index contributed by atoms with van der Waals surface area (Å²) in [6.45, 7) is 4.49. The first kappa shape index (κ1) is 10.2. The highest BCUT2D eigenvalue weighted by Gasteiger charge is 2.27. The van der Waals surface area contributed by atoms with Gasteiger partial charge in [-0.2, -0.15) is 0 Å². The molecule has 3 atom stereocenters. The summed E-state index contributed by atoms with van der Waals surface area (Å²) in [5, 5.41) is 0. The van der Waals surface area contributed by atoms with Crippen molar-refractivity contribution < 1.29 is 0 Å². The van der Waals surface area contributed by atoms with Gasteiger partial charge in [-0.1, -0.05) is 13.3 Å². The number of aryl methyl sites for hydroxylation is 1. The van der Waals surface area contributed by atoms with Gasteiger partial charge in [0.15, 0.2) is 0 Å². The lowest BCUT2D eigenvalue weighted by atomic mass is 9.96. The van der Waals surface area contributed by atoms with Crippen molar-refractivity contribution in [2.45, 2.75) is 39.2 Å². The van der Waals surface area contributed by atoms with Crippen LogP contribution in [0.5, 0.6) is 0 Å². The van der Waals surface area contributed by atoms with Gasteiger partial charge in [-0.15, -0.1) is 11.3 Å². The predicted octanol–water partition coefficient (Wildman–Crippen LogP) is 3.49. The second-order valence-corrected chi connectivity index (χ2v) is 5.97. The Hall–Kier alpha value is -0.340. The van der Waals surface area contributed by atoms with E-state index in [1.165, 1.54) is 29.0 Å². The van der Waals surface area contributed by atoms with Gasteiger partial charge in [-0.05, 0) is 43.7 Å². The summed E-state index contributed by atoms with van der Waals surface area (Å²) in [7, 11) is 0. The van der Waals surface area contributed by atoms with Crippen molar-refractivity contribution >= 4 is 11.3 Å². The van der Waals surface area contributed by atoms with Crippen LogP contribution in [0.4, 0.5) is 0 Å². The molecule has 1 fully saturated rings. The molecule has 2 heteroatoms. The Balaban J connectivity index is 2.05. The molecule has 1 saturated carbocycles. The molecule has 3 unspecified atom stereocenters. The molecular weight excluding hydrogens is 190 g/mol. The lowest BCUT2D eigenvalue weighted by molar-refractivity contribution is 0.433. The van der Waals surface area contributed by atoms with Gasteiger partial charge in [0, 0.05) is 15.8 Å². The van der Waals surface area contributed by atoms with E-state index in [0.717, 1.165) is 11.8 Å². The van der Waals surface area contributed by atoms with Crippen LogP contribution in [0, 0.1) is 18.8 Å². The summed E-state index contributed by atoms with van der Waals surface area (Å²) >= 11 is 1.86. The van der Waals surface area contributed by atoms with Crippen molar-refractivity contribution in [3.05, 3.63) is 21.9 Å². The predicted molar refractivity (Wildman–Crippen MR) is 62.5 cm³/mol. The Morgan fingerprint density at radius 3 is 2.71 bits per heavy atom. The van der Waals surface area contributed by atoms with Crippen molar-refractivity contribution in [2.75, 3.05) is 0 Å². The Labute approximate surface area is 90.3 Å². The van der Waals surface area contributed by atoms with Crippen LogP contribution < -0.4 is 5.73 Å². The number of nitrogens with two attached hydrogens (primary N) is 1. The minimum Gasteiger partial charge on any atom is -0.323 e. The van der Waals surface area contributed by atoms with E-state index in [-0.39, 0.29) is 0 Å². The fraction of sp³-hybridized carbons (Fsp3) is 0.667. The molecule has 1 aromatic heterocycles. The third kappa shape index (κ3) is 2.01. The summed E-state index contributed by atoms with van der Waals surface area (Å²) in [6, 6.07) is 4.67. The average molecular weight is 209 g/mol. The van der Waals surface area contributed by atoms with Gasteiger partial charge in [-0.25, -0.2) is 0 Å². The molecule has 0 aromatic carbocycles. The Morgan fingerprint density at radius 2 is 2.21 bits per heavy atom. The number of rotatable bonds is 2. The quantitative estimate of drug-likeness (QED) is 0.792. The smallest absolute Gasteiger partial charge is 0.0418 e. The molecule has 0 radical (unpaired) electrons. The summed E-state index contributed by atoms with van der Waals surface area (Å²) in [5.74, 6) is 1.61. The first-order chi connectivity index (χ1) is 6.66. The third-order valence-electron chi connectivity index (χ3n) is 3.33. The van der Waals surface area contributed by atoms with Crippen LogP contribution in [-0.2, 0) is 0 Å². The van der Waals surface area contributed by atoms with Crippen LogP contribution in [0.25, 0.3) is 0 Å². The van der Waals surface area contributed by atoms with Gasteiger partial charge in [0.1, 0.15) is 0 Å². The highest BCUT2D eigenvalue weighted by atomic mass is 32.1. The highest BCUT2D eigenvalue weighted by molar-refractivity contribution is 7.12. The summed E-state index contributed by atoms with van der Waals surface area (Å²) < 4.78 is 0. The second-order valence-electron chi connectivity index (χ2n) is 4.65. The van der Waals surface area contributed by atoms with E-state index < -0.39 is 0 Å². The minimum atomic E-state index is 0.290. The molecule has 1 aromatic rings. The van der Waals surface area contributed by atoms with Crippen molar-refractivity contribution in [1.29, 1.82) is 0 Å². The van der Waals surface area contributed by atoms with Crippen LogP contribution in [0.1, 0.15) is 42.0 Å². The van der Waals surface area contributed by atoms with Crippen LogP contribution in [0.3, 0.4) is 0 Å². The fourth-order valence-corrected chi connectivity index (χ4v) is 3.41. The summed E-state index contributed by atoms with van der Waals surface area (Å²) in [5.41, 5.74) is 6.29. The molecule has 0 amide bonds. The lowest BCUT2D eigenvalue weighted by Gasteiger charge is -2.17. The fourth-order valence-electron chi connectivity index (χ4n) is 2.44. The van der Waals surface area contributed by atoms with Crippen LogP contribution in [0.15, 0.2) is 12.1 Å². The van der Waals surface area contributed by atoms with E-state index in [4.69, 9.17) is 5.73 Å². The number of hydrogen-bond acceptors (Lipinski definition) is 2. The molecule has 1 nitrogen and oxygen atoms in total. The first-order valence-electron chi connectivity index (χ1n) is 5.48. The SMILES string of the molecule is Cc1ccc(C(N)C2CCC(C)C2)s1. The van der Waals surface area contributed by atoms with E-state index in [1.807, 2.05) is 11.3 Å². The summed E-state index contributed by atoms with van der Waals surface area (Å²) in [6.07, 6.45) is 4.00. The van der Waals surface area contributed by atoms with Gasteiger partial charge in [0.05, 0.1) is 0 Å². The zero-order valence-corrected chi connectivity index (χ0v) is 9.81. The molecule has 1 heterocycles. The van der Waals surface area contributed by atoms with Crippen LogP contribution in [0.2, 0.25) is 0 Å². The standard InChI is InChI=1S/C12H19NS/c1-8-3-5-10(7-8)12(13)11-6-4-9(2)14-11/h4,6,8,10,12H,3,5,7,13H2,1-2H3. The van der Waals surface area contributed by atoms with Crippen molar-refractivity contribution in [3.63, 3.8) is 0 Å². The third-order valence-corrected chi connectivity index (χ3v) is 4.43. The van der Waals surface area contributed by atoms with E-state index in [9.17, 15) is 0 Å². The lowest BCUT2D eigenvalue weighted by Crippen LogP contribution is -2.18. The Morgan fingerprint density at radius 1 is 1.43 bits per heavy atom. The normalized spacial score (nSPS) is 29.4. The molecule has 0 aliphatic heterocycles. The Bertz CT molecular complexity index is 305. The average Bonchev–Trinajstić information content (AvgIpc) is 2.73. The molecule has 2 rings (SSSR count). The van der Waals surface area contributed by atoms with Crippen molar-refractivity contribution in [3.8, 4) is 0 Å². The topological polar surface area (TPSA) is 26.0 Å². The molecule has 0 bridgehead atoms. The zero-order chi connectivity index (χ0) is 10.1. The molecule has 0 spiro atoms. The summed E-state index contributed by atoms with van der Waals surface area (Å²) in [4.78, 5) is 2.75. The van der Waals surface area contributed by atoms with Crippen LogP contribution in [-0.4, -0.2) is 0 Å². The number of hydrogen-bond donors (Lipinski definition) is 1. The molecule has 0 saturated heterocycles. The Kier molecular flexibility index (Phi) is 2.93. The monoisotopic (exact) mass is 209 g/mol. The molecule has 1 aliphatic rings. The maximum atomic E-state index is 6.29. The zero-order valence-electron chi connectivity index (χ0n) is 8.99. The van der Waals surface area contributed by atoms with Crippen LogP contribution >= 0.6 is 11.3 Å². The van der Waals surface area contributed by atoms with Crippen molar-refractivity contribution in [2.24, 2.45) is 17.6 Å². The van der Waals surface area contributed by atoms with Gasteiger partial charge in [-0.3, -0.25) is 0 Å². The van der Waals surface area contributed by atoms with Gasteiger partial charge in [0.25, 0.3) is 0 Å². The van der Waals surface area contributed by atoms with Gasteiger partial charge < -0.3 is 5.73 Å². The van der Waals surface area contributed by atoms with Crippen molar-refractivity contribution in [1.82, 2.24) is 0 Å². The van der Waals surface area contributed by atoms with E-state index >= 15 is 0 Å². The maximum Gasteiger partial charge on any atom is 0.0418 e. The molecule has 2 N–H and O–H groups in total. The highest BCUT2D eigenvalue weighted by Crippen LogP contribution is 2.39. The molecule has 78 valence electrons. The van der Waals surface area contributed by atoms with E-state index in [1.54, 1.807) is 0 Å². The molecular formula is C12H19NS. The van der Waals surface area contributed by atoms with Gasteiger partial charge in [0.2, 0.25) is 0 Å². The molecule has 1 aliphatic carbocycles. The second kappa shape index (κ2) is 4.03. The number of thiophene rings is 1. The minimum absolute atomic E-state index is 0.290. The van der Waals surface area contributed by atoms with Gasteiger partial charge >= 0.3 is 0 Å². The largest absolute Gasteiger partial charge is 0.323 e. The maximum absolute atomic E-state index is 6.29. The molecule has 14 heavy (non-hydrogen) atoms.